The summed E-state index contributed by atoms with van der Waals surface area (Å²) in [5, 5.41) is 3.32. The summed E-state index contributed by atoms with van der Waals surface area (Å²) in [6, 6.07) is 0.408. The molecule has 1 aliphatic heterocycles. The predicted octanol–water partition coefficient (Wildman–Crippen LogP) is 2.11. The van der Waals surface area contributed by atoms with Gasteiger partial charge < -0.3 is 10.1 Å². The first-order valence-corrected chi connectivity index (χ1v) is 5.15. The number of hydrogen-bond donors (Lipinski definition) is 1. The van der Waals surface area contributed by atoms with Gasteiger partial charge in [-0.2, -0.15) is 0 Å². The Morgan fingerprint density at radius 1 is 1.62 bits per heavy atom. The molecular formula is C11H21NO. The minimum Gasteiger partial charge on any atom is -0.374 e. The van der Waals surface area contributed by atoms with Gasteiger partial charge in [0.05, 0.1) is 5.60 Å². The summed E-state index contributed by atoms with van der Waals surface area (Å²) in [5.41, 5.74) is 0.0151. The van der Waals surface area contributed by atoms with Gasteiger partial charge in [0.1, 0.15) is 0 Å². The summed E-state index contributed by atoms with van der Waals surface area (Å²) >= 11 is 0. The van der Waals surface area contributed by atoms with E-state index in [0.29, 0.717) is 6.04 Å². The van der Waals surface area contributed by atoms with E-state index in [-0.39, 0.29) is 5.60 Å². The van der Waals surface area contributed by atoms with Crippen LogP contribution in [0.25, 0.3) is 0 Å². The Morgan fingerprint density at radius 2 is 2.38 bits per heavy atom. The van der Waals surface area contributed by atoms with Crippen molar-refractivity contribution in [1.82, 2.24) is 5.32 Å². The van der Waals surface area contributed by atoms with Gasteiger partial charge in [-0.1, -0.05) is 6.08 Å². The molecule has 0 aromatic heterocycles. The molecular weight excluding hydrogens is 162 g/mol. The molecule has 0 amide bonds. The molecule has 1 heterocycles. The van der Waals surface area contributed by atoms with Crippen LogP contribution in [0, 0.1) is 0 Å². The van der Waals surface area contributed by atoms with E-state index < -0.39 is 0 Å². The van der Waals surface area contributed by atoms with Crippen LogP contribution in [0.5, 0.6) is 0 Å². The molecule has 2 nitrogen and oxygen atoms in total. The first kappa shape index (κ1) is 10.7. The second-order valence-corrected chi connectivity index (χ2v) is 3.98. The van der Waals surface area contributed by atoms with Crippen LogP contribution in [0.2, 0.25) is 0 Å². The van der Waals surface area contributed by atoms with Crippen LogP contribution in [0.15, 0.2) is 12.7 Å². The van der Waals surface area contributed by atoms with Crippen molar-refractivity contribution in [3.05, 3.63) is 12.7 Å². The second-order valence-electron chi connectivity index (χ2n) is 3.98. The lowest BCUT2D eigenvalue weighted by Gasteiger charge is -2.40. The minimum atomic E-state index is 0.0151. The van der Waals surface area contributed by atoms with Crippen LogP contribution >= 0.6 is 0 Å². The lowest BCUT2D eigenvalue weighted by Crippen LogP contribution is -2.50. The first-order valence-electron chi connectivity index (χ1n) is 5.15. The van der Waals surface area contributed by atoms with Crippen molar-refractivity contribution in [2.45, 2.75) is 44.2 Å². The quantitative estimate of drug-likeness (QED) is 0.674. The maximum absolute atomic E-state index is 5.86. The Bertz CT molecular complexity index is 161. The number of rotatable bonds is 4. The van der Waals surface area contributed by atoms with Crippen molar-refractivity contribution in [3.8, 4) is 0 Å². The van der Waals surface area contributed by atoms with Gasteiger partial charge in [0, 0.05) is 12.6 Å². The summed E-state index contributed by atoms with van der Waals surface area (Å²) in [6.07, 6.45) is 6.59. The van der Waals surface area contributed by atoms with Gasteiger partial charge >= 0.3 is 0 Å². The van der Waals surface area contributed by atoms with Gasteiger partial charge in [0.25, 0.3) is 0 Å². The van der Waals surface area contributed by atoms with Gasteiger partial charge in [-0.25, -0.2) is 0 Å². The van der Waals surface area contributed by atoms with Crippen LogP contribution < -0.4 is 5.32 Å². The monoisotopic (exact) mass is 183 g/mol. The zero-order valence-electron chi connectivity index (χ0n) is 8.81. The molecule has 76 valence electrons. The van der Waals surface area contributed by atoms with E-state index in [1.54, 1.807) is 0 Å². The molecule has 0 aliphatic carbocycles. The van der Waals surface area contributed by atoms with E-state index in [9.17, 15) is 0 Å². The summed E-state index contributed by atoms with van der Waals surface area (Å²) in [6.45, 7) is 6.89. The smallest absolute Gasteiger partial charge is 0.0809 e. The highest BCUT2D eigenvalue weighted by molar-refractivity contribution is 4.94. The van der Waals surface area contributed by atoms with E-state index in [2.05, 4.69) is 18.8 Å². The molecule has 1 N–H and O–H groups in total. The summed E-state index contributed by atoms with van der Waals surface area (Å²) in [4.78, 5) is 0. The SMILES string of the molecule is C=CCC(NC)C1(C)CCCCO1. The van der Waals surface area contributed by atoms with E-state index in [0.717, 1.165) is 19.4 Å². The van der Waals surface area contributed by atoms with Gasteiger partial charge in [0.2, 0.25) is 0 Å². The number of ether oxygens (including phenoxy) is 1. The van der Waals surface area contributed by atoms with Crippen molar-refractivity contribution in [1.29, 1.82) is 0 Å². The van der Waals surface area contributed by atoms with Gasteiger partial charge in [-0.05, 0) is 39.7 Å². The lowest BCUT2D eigenvalue weighted by molar-refractivity contribution is -0.0865. The maximum atomic E-state index is 5.86. The summed E-state index contributed by atoms with van der Waals surface area (Å²) < 4.78 is 5.86. The molecule has 0 radical (unpaired) electrons. The standard InChI is InChI=1S/C11H21NO/c1-4-7-10(12-3)11(2)8-5-6-9-13-11/h4,10,12H,1,5-9H2,2-3H3. The zero-order chi connectivity index (χ0) is 9.73. The molecule has 1 fully saturated rings. The lowest BCUT2D eigenvalue weighted by atomic mass is 9.86. The minimum absolute atomic E-state index is 0.0151. The second kappa shape index (κ2) is 4.77. The molecule has 0 bridgehead atoms. The number of hydrogen-bond acceptors (Lipinski definition) is 2. The van der Waals surface area contributed by atoms with Crippen molar-refractivity contribution >= 4 is 0 Å². The van der Waals surface area contributed by atoms with E-state index in [1.165, 1.54) is 12.8 Å². The Labute approximate surface area is 81.4 Å². The van der Waals surface area contributed by atoms with E-state index in [1.807, 2.05) is 13.1 Å². The highest BCUT2D eigenvalue weighted by atomic mass is 16.5. The molecule has 1 saturated heterocycles. The fourth-order valence-corrected chi connectivity index (χ4v) is 2.07. The van der Waals surface area contributed by atoms with Crippen LogP contribution in [-0.4, -0.2) is 25.3 Å². The number of likely N-dealkylation sites (N-methyl/N-ethyl adjacent to an activating group) is 1. The van der Waals surface area contributed by atoms with E-state index in [4.69, 9.17) is 4.74 Å². The van der Waals surface area contributed by atoms with Crippen molar-refractivity contribution in [2.24, 2.45) is 0 Å². The first-order chi connectivity index (χ1) is 6.23. The molecule has 13 heavy (non-hydrogen) atoms. The third kappa shape index (κ3) is 2.55. The molecule has 0 saturated carbocycles. The van der Waals surface area contributed by atoms with Gasteiger partial charge in [-0.3, -0.25) is 0 Å². The van der Waals surface area contributed by atoms with Gasteiger partial charge in [0.15, 0.2) is 0 Å². The summed E-state index contributed by atoms with van der Waals surface area (Å²) in [5.74, 6) is 0. The zero-order valence-corrected chi connectivity index (χ0v) is 8.81. The molecule has 1 aliphatic rings. The fourth-order valence-electron chi connectivity index (χ4n) is 2.07. The Hall–Kier alpha value is -0.340. The normalized spacial score (nSPS) is 31.2. The maximum Gasteiger partial charge on any atom is 0.0809 e. The third-order valence-corrected chi connectivity index (χ3v) is 2.99. The number of nitrogens with one attached hydrogen (secondary N) is 1. The molecule has 0 spiro atoms. The Morgan fingerprint density at radius 3 is 2.85 bits per heavy atom. The average Bonchev–Trinajstić information content (AvgIpc) is 2.15. The van der Waals surface area contributed by atoms with Gasteiger partial charge in [-0.15, -0.1) is 6.58 Å². The molecule has 2 heteroatoms. The molecule has 0 aromatic rings. The topological polar surface area (TPSA) is 21.3 Å². The Balaban J connectivity index is 2.57. The van der Waals surface area contributed by atoms with Crippen molar-refractivity contribution in [3.63, 3.8) is 0 Å². The highest BCUT2D eigenvalue weighted by Crippen LogP contribution is 2.29. The van der Waals surface area contributed by atoms with Crippen LogP contribution in [0.3, 0.4) is 0 Å². The van der Waals surface area contributed by atoms with Crippen molar-refractivity contribution in [2.75, 3.05) is 13.7 Å². The highest BCUT2D eigenvalue weighted by Gasteiger charge is 2.34. The fraction of sp³-hybridized carbons (Fsp3) is 0.818. The predicted molar refractivity (Wildman–Crippen MR) is 55.9 cm³/mol. The molecule has 1 rings (SSSR count). The molecule has 2 atom stereocenters. The Kier molecular flexibility index (Phi) is 3.94. The molecule has 0 aromatic carbocycles. The molecule has 2 unspecified atom stereocenters. The largest absolute Gasteiger partial charge is 0.374 e. The van der Waals surface area contributed by atoms with Crippen LogP contribution in [0.4, 0.5) is 0 Å². The van der Waals surface area contributed by atoms with Crippen LogP contribution in [0.1, 0.15) is 32.6 Å². The summed E-state index contributed by atoms with van der Waals surface area (Å²) in [7, 11) is 2.00. The average molecular weight is 183 g/mol. The third-order valence-electron chi connectivity index (χ3n) is 2.99. The van der Waals surface area contributed by atoms with E-state index >= 15 is 0 Å². The van der Waals surface area contributed by atoms with Crippen LogP contribution in [-0.2, 0) is 4.74 Å². The van der Waals surface area contributed by atoms with Crippen molar-refractivity contribution < 1.29 is 4.74 Å².